The summed E-state index contributed by atoms with van der Waals surface area (Å²) in [6.45, 7) is 0.565. The quantitative estimate of drug-likeness (QED) is 0.833. The lowest BCUT2D eigenvalue weighted by Crippen LogP contribution is -2.27. The molecule has 1 aliphatic carbocycles. The highest BCUT2D eigenvalue weighted by Crippen LogP contribution is 2.27. The summed E-state index contributed by atoms with van der Waals surface area (Å²) < 4.78 is 5.21. The van der Waals surface area contributed by atoms with Crippen molar-refractivity contribution in [3.8, 4) is 5.75 Å². The summed E-state index contributed by atoms with van der Waals surface area (Å²) in [7, 11) is 1.61. The van der Waals surface area contributed by atoms with Crippen LogP contribution in [0.1, 0.15) is 19.3 Å². The minimum absolute atomic E-state index is 0.0889. The second-order valence-corrected chi connectivity index (χ2v) is 4.80. The van der Waals surface area contributed by atoms with Gasteiger partial charge < -0.3 is 15.4 Å². The second kappa shape index (κ2) is 5.96. The molecule has 18 heavy (non-hydrogen) atoms. The number of carbonyl (C=O) groups is 1. The van der Waals surface area contributed by atoms with Gasteiger partial charge in [0.2, 0.25) is 5.91 Å². The number of halogens is 1. The van der Waals surface area contributed by atoms with E-state index in [4.69, 9.17) is 16.3 Å². The van der Waals surface area contributed by atoms with Gasteiger partial charge in [-0.05, 0) is 31.0 Å². The molecule has 4 nitrogen and oxygen atoms in total. The summed E-state index contributed by atoms with van der Waals surface area (Å²) in [4.78, 5) is 11.5. The van der Waals surface area contributed by atoms with E-state index in [0.29, 0.717) is 24.0 Å². The van der Waals surface area contributed by atoms with Crippen LogP contribution >= 0.6 is 11.6 Å². The summed E-state index contributed by atoms with van der Waals surface area (Å²) in [5.41, 5.74) is 0.809. The number of rotatable bonds is 6. The average molecular weight is 269 g/mol. The molecule has 0 aliphatic heterocycles. The van der Waals surface area contributed by atoms with E-state index in [1.165, 1.54) is 0 Å². The lowest BCUT2D eigenvalue weighted by molar-refractivity contribution is -0.120. The molecule has 0 atom stereocenters. The molecule has 0 spiro atoms. The van der Waals surface area contributed by atoms with Crippen LogP contribution < -0.4 is 15.4 Å². The SMILES string of the molecule is COc1ccc(Cl)cc1NCCC(=O)NC1CC1. The molecule has 1 saturated carbocycles. The molecule has 2 rings (SSSR count). The van der Waals surface area contributed by atoms with Gasteiger partial charge in [-0.25, -0.2) is 0 Å². The van der Waals surface area contributed by atoms with Gasteiger partial charge in [0.1, 0.15) is 5.75 Å². The second-order valence-electron chi connectivity index (χ2n) is 4.36. The molecule has 1 aromatic rings. The first kappa shape index (κ1) is 13.0. The molecule has 0 unspecified atom stereocenters. The third kappa shape index (κ3) is 3.81. The van der Waals surface area contributed by atoms with Gasteiger partial charge >= 0.3 is 0 Å². The van der Waals surface area contributed by atoms with E-state index >= 15 is 0 Å². The van der Waals surface area contributed by atoms with Crippen molar-refractivity contribution in [1.29, 1.82) is 0 Å². The first-order valence-electron chi connectivity index (χ1n) is 6.06. The van der Waals surface area contributed by atoms with Crippen molar-refractivity contribution >= 4 is 23.2 Å². The minimum Gasteiger partial charge on any atom is -0.495 e. The maximum absolute atomic E-state index is 11.5. The van der Waals surface area contributed by atoms with E-state index in [-0.39, 0.29) is 5.91 Å². The van der Waals surface area contributed by atoms with Crippen LogP contribution in [0.25, 0.3) is 0 Å². The highest BCUT2D eigenvalue weighted by Gasteiger charge is 2.22. The molecule has 1 aliphatic rings. The largest absolute Gasteiger partial charge is 0.495 e. The molecule has 0 radical (unpaired) electrons. The Balaban J connectivity index is 1.81. The van der Waals surface area contributed by atoms with Gasteiger partial charge in [-0.3, -0.25) is 4.79 Å². The van der Waals surface area contributed by atoms with E-state index in [1.807, 2.05) is 0 Å². The van der Waals surface area contributed by atoms with Crippen LogP contribution in [0, 0.1) is 0 Å². The Morgan fingerprint density at radius 1 is 1.50 bits per heavy atom. The molecule has 2 N–H and O–H groups in total. The van der Waals surface area contributed by atoms with Gasteiger partial charge in [0.25, 0.3) is 0 Å². The van der Waals surface area contributed by atoms with Crippen molar-refractivity contribution in [1.82, 2.24) is 5.32 Å². The lowest BCUT2D eigenvalue weighted by atomic mass is 10.2. The highest BCUT2D eigenvalue weighted by molar-refractivity contribution is 6.30. The molecule has 1 amide bonds. The van der Waals surface area contributed by atoms with Crippen molar-refractivity contribution < 1.29 is 9.53 Å². The van der Waals surface area contributed by atoms with E-state index in [0.717, 1.165) is 24.3 Å². The molecule has 5 heteroatoms. The van der Waals surface area contributed by atoms with Gasteiger partial charge in [-0.15, -0.1) is 0 Å². The summed E-state index contributed by atoms with van der Waals surface area (Å²) in [6, 6.07) is 5.78. The highest BCUT2D eigenvalue weighted by atomic mass is 35.5. The molecular formula is C13H17ClN2O2. The Kier molecular flexibility index (Phi) is 4.31. The molecule has 98 valence electrons. The topological polar surface area (TPSA) is 50.4 Å². The molecule has 0 saturated heterocycles. The summed E-state index contributed by atoms with van der Waals surface area (Å²) in [6.07, 6.45) is 2.68. The van der Waals surface area contributed by atoms with Gasteiger partial charge in [-0.2, -0.15) is 0 Å². The monoisotopic (exact) mass is 268 g/mol. The summed E-state index contributed by atoms with van der Waals surface area (Å²) >= 11 is 5.92. The Morgan fingerprint density at radius 3 is 2.94 bits per heavy atom. The number of methoxy groups -OCH3 is 1. The minimum atomic E-state index is 0.0889. The summed E-state index contributed by atoms with van der Waals surface area (Å²) in [5.74, 6) is 0.813. The van der Waals surface area contributed by atoms with Crippen LogP contribution in [0.4, 0.5) is 5.69 Å². The van der Waals surface area contributed by atoms with Gasteiger partial charge in [0.15, 0.2) is 0 Å². The fraction of sp³-hybridized carbons (Fsp3) is 0.462. The summed E-state index contributed by atoms with van der Waals surface area (Å²) in [5, 5.41) is 6.74. The number of carbonyl (C=O) groups excluding carboxylic acids is 1. The smallest absolute Gasteiger partial charge is 0.221 e. The zero-order valence-corrected chi connectivity index (χ0v) is 11.1. The Morgan fingerprint density at radius 2 is 2.28 bits per heavy atom. The van der Waals surface area contributed by atoms with Crippen LogP contribution in [0.3, 0.4) is 0 Å². The van der Waals surface area contributed by atoms with E-state index < -0.39 is 0 Å². The zero-order valence-electron chi connectivity index (χ0n) is 10.3. The van der Waals surface area contributed by atoms with E-state index in [9.17, 15) is 4.79 Å². The fourth-order valence-electron chi connectivity index (χ4n) is 1.66. The first-order chi connectivity index (χ1) is 8.69. The number of benzene rings is 1. The molecule has 0 heterocycles. The molecule has 1 fully saturated rings. The van der Waals surface area contributed by atoms with E-state index in [2.05, 4.69) is 10.6 Å². The predicted octanol–water partition coefficient (Wildman–Crippen LogP) is 2.43. The molecular weight excluding hydrogens is 252 g/mol. The van der Waals surface area contributed by atoms with Crippen LogP contribution in [0.2, 0.25) is 5.02 Å². The van der Waals surface area contributed by atoms with Crippen molar-refractivity contribution in [2.45, 2.75) is 25.3 Å². The Hall–Kier alpha value is -1.42. The van der Waals surface area contributed by atoms with Crippen molar-refractivity contribution in [3.63, 3.8) is 0 Å². The maximum Gasteiger partial charge on any atom is 0.221 e. The standard InChI is InChI=1S/C13H17ClN2O2/c1-18-12-5-2-9(14)8-11(12)15-7-6-13(17)16-10-3-4-10/h2,5,8,10,15H,3-4,6-7H2,1H3,(H,16,17). The van der Waals surface area contributed by atoms with Gasteiger partial charge in [-0.1, -0.05) is 11.6 Å². The Bertz CT molecular complexity index is 433. The number of nitrogens with one attached hydrogen (secondary N) is 2. The van der Waals surface area contributed by atoms with E-state index in [1.54, 1.807) is 25.3 Å². The van der Waals surface area contributed by atoms with Crippen LogP contribution in [0.15, 0.2) is 18.2 Å². The number of amides is 1. The lowest BCUT2D eigenvalue weighted by Gasteiger charge is -2.11. The predicted molar refractivity (Wildman–Crippen MR) is 72.3 cm³/mol. The number of hydrogen-bond acceptors (Lipinski definition) is 3. The van der Waals surface area contributed by atoms with Crippen LogP contribution in [-0.4, -0.2) is 25.6 Å². The van der Waals surface area contributed by atoms with Crippen LogP contribution in [-0.2, 0) is 4.79 Å². The van der Waals surface area contributed by atoms with Gasteiger partial charge in [0.05, 0.1) is 12.8 Å². The third-order valence-corrected chi connectivity index (χ3v) is 3.01. The van der Waals surface area contributed by atoms with Crippen molar-refractivity contribution in [3.05, 3.63) is 23.2 Å². The first-order valence-corrected chi connectivity index (χ1v) is 6.43. The zero-order chi connectivity index (χ0) is 13.0. The number of anilines is 1. The van der Waals surface area contributed by atoms with Gasteiger partial charge in [0, 0.05) is 24.0 Å². The average Bonchev–Trinajstić information content (AvgIpc) is 3.13. The Labute approximate surface area is 112 Å². The number of ether oxygens (including phenoxy) is 1. The third-order valence-electron chi connectivity index (χ3n) is 2.77. The van der Waals surface area contributed by atoms with Crippen molar-refractivity contribution in [2.24, 2.45) is 0 Å². The fourth-order valence-corrected chi connectivity index (χ4v) is 1.83. The molecule has 1 aromatic carbocycles. The maximum atomic E-state index is 11.5. The normalized spacial score (nSPS) is 14.1. The van der Waals surface area contributed by atoms with Crippen LogP contribution in [0.5, 0.6) is 5.75 Å². The van der Waals surface area contributed by atoms with Crippen molar-refractivity contribution in [2.75, 3.05) is 19.0 Å². The number of hydrogen-bond donors (Lipinski definition) is 2. The molecule has 0 bridgehead atoms. The molecule has 0 aromatic heterocycles.